The molecule has 0 saturated heterocycles. The molecule has 4 nitrogen and oxygen atoms in total. The van der Waals surface area contributed by atoms with Gasteiger partial charge in [0, 0.05) is 5.56 Å². The molecule has 0 heterocycles. The number of carbonyl (C=O) groups is 1. The number of carbonyl (C=O) groups excluding carboxylic acids is 1. The van der Waals surface area contributed by atoms with E-state index in [9.17, 15) is 18.7 Å². The van der Waals surface area contributed by atoms with Crippen molar-refractivity contribution in [3.05, 3.63) is 29.8 Å². The van der Waals surface area contributed by atoms with Crippen LogP contribution in [0.1, 0.15) is 30.1 Å². The van der Waals surface area contributed by atoms with E-state index in [1.807, 2.05) is 0 Å². The van der Waals surface area contributed by atoms with Crippen molar-refractivity contribution in [2.24, 2.45) is 5.92 Å². The van der Waals surface area contributed by atoms with Crippen molar-refractivity contribution in [2.45, 2.75) is 31.9 Å². The second kappa shape index (κ2) is 5.75. The SMILES string of the molecule is CC(CO)(NC(=O)c1cccc(OC(F)F)c1)C1CC1. The number of hydrogen-bond donors (Lipinski definition) is 2. The van der Waals surface area contributed by atoms with Gasteiger partial charge in [0.15, 0.2) is 0 Å². The summed E-state index contributed by atoms with van der Waals surface area (Å²) in [5.74, 6) is -0.213. The molecule has 0 bridgehead atoms. The Bertz CT molecular complexity index is 491. The summed E-state index contributed by atoms with van der Waals surface area (Å²) in [7, 11) is 0. The molecule has 20 heavy (non-hydrogen) atoms. The highest BCUT2D eigenvalue weighted by Crippen LogP contribution is 2.39. The summed E-state index contributed by atoms with van der Waals surface area (Å²) in [5, 5.41) is 12.2. The molecule has 0 radical (unpaired) electrons. The molecule has 1 saturated carbocycles. The minimum atomic E-state index is -2.93. The van der Waals surface area contributed by atoms with Gasteiger partial charge in [0.2, 0.25) is 0 Å². The average molecular weight is 285 g/mol. The molecular weight excluding hydrogens is 268 g/mol. The van der Waals surface area contributed by atoms with Crippen LogP contribution in [0.2, 0.25) is 0 Å². The highest BCUT2D eigenvalue weighted by molar-refractivity contribution is 5.95. The number of alkyl halides is 2. The quantitative estimate of drug-likeness (QED) is 0.842. The third-order valence-electron chi connectivity index (χ3n) is 3.53. The lowest BCUT2D eigenvalue weighted by atomic mass is 9.96. The molecule has 6 heteroatoms. The zero-order valence-electron chi connectivity index (χ0n) is 11.1. The number of nitrogens with one attached hydrogen (secondary N) is 1. The number of ether oxygens (including phenoxy) is 1. The minimum Gasteiger partial charge on any atom is -0.435 e. The first-order chi connectivity index (χ1) is 9.44. The molecule has 1 atom stereocenters. The topological polar surface area (TPSA) is 58.6 Å². The fourth-order valence-corrected chi connectivity index (χ4v) is 2.14. The molecule has 1 amide bonds. The predicted octanol–water partition coefficient (Wildman–Crippen LogP) is 2.18. The molecule has 0 aromatic heterocycles. The number of rotatable bonds is 6. The predicted molar refractivity (Wildman–Crippen MR) is 68.8 cm³/mol. The Morgan fingerprint density at radius 3 is 2.80 bits per heavy atom. The van der Waals surface area contributed by atoms with E-state index in [0.29, 0.717) is 0 Å². The van der Waals surface area contributed by atoms with Gasteiger partial charge < -0.3 is 15.2 Å². The van der Waals surface area contributed by atoms with Crippen LogP contribution in [0.3, 0.4) is 0 Å². The summed E-state index contributed by atoms with van der Waals surface area (Å²) >= 11 is 0. The van der Waals surface area contributed by atoms with Gasteiger partial charge in [-0.25, -0.2) is 0 Å². The van der Waals surface area contributed by atoms with Crippen molar-refractivity contribution in [1.82, 2.24) is 5.32 Å². The summed E-state index contributed by atoms with van der Waals surface area (Å²) in [6.07, 6.45) is 1.93. The Morgan fingerprint density at radius 2 is 2.25 bits per heavy atom. The second-order valence-corrected chi connectivity index (χ2v) is 5.21. The number of halogens is 2. The van der Waals surface area contributed by atoms with Crippen molar-refractivity contribution in [3.63, 3.8) is 0 Å². The average Bonchev–Trinajstić information content (AvgIpc) is 3.22. The summed E-state index contributed by atoms with van der Waals surface area (Å²) in [4.78, 5) is 12.1. The smallest absolute Gasteiger partial charge is 0.387 e. The Hall–Kier alpha value is -1.69. The summed E-state index contributed by atoms with van der Waals surface area (Å²) in [6.45, 7) is -1.30. The van der Waals surface area contributed by atoms with E-state index in [1.54, 1.807) is 6.92 Å². The molecular formula is C14H17F2NO3. The van der Waals surface area contributed by atoms with Gasteiger partial charge in [-0.1, -0.05) is 6.07 Å². The molecule has 1 aliphatic carbocycles. The van der Waals surface area contributed by atoms with Gasteiger partial charge in [0.1, 0.15) is 5.75 Å². The normalized spacial score (nSPS) is 17.6. The van der Waals surface area contributed by atoms with Crippen LogP contribution in [0, 0.1) is 5.92 Å². The fraction of sp³-hybridized carbons (Fsp3) is 0.500. The highest BCUT2D eigenvalue weighted by Gasteiger charge is 2.42. The van der Waals surface area contributed by atoms with E-state index in [4.69, 9.17) is 0 Å². The van der Waals surface area contributed by atoms with Crippen LogP contribution in [-0.2, 0) is 0 Å². The van der Waals surface area contributed by atoms with Gasteiger partial charge in [-0.05, 0) is 43.9 Å². The Balaban J connectivity index is 2.08. The van der Waals surface area contributed by atoms with E-state index in [0.717, 1.165) is 12.8 Å². The Labute approximate surface area is 115 Å². The standard InChI is InChI=1S/C14H17F2NO3/c1-14(8-18,10-5-6-10)17-12(19)9-3-2-4-11(7-9)20-13(15)16/h2-4,7,10,13,18H,5-6,8H2,1H3,(H,17,19). The lowest BCUT2D eigenvalue weighted by Crippen LogP contribution is -2.50. The monoisotopic (exact) mass is 285 g/mol. The van der Waals surface area contributed by atoms with Crippen molar-refractivity contribution < 1.29 is 23.4 Å². The zero-order chi connectivity index (χ0) is 14.8. The van der Waals surface area contributed by atoms with Gasteiger partial charge in [-0.2, -0.15) is 8.78 Å². The number of benzene rings is 1. The van der Waals surface area contributed by atoms with Crippen LogP contribution in [0.5, 0.6) is 5.75 Å². The van der Waals surface area contributed by atoms with Crippen molar-refractivity contribution in [1.29, 1.82) is 0 Å². The molecule has 1 fully saturated rings. The largest absolute Gasteiger partial charge is 0.435 e. The lowest BCUT2D eigenvalue weighted by molar-refractivity contribution is -0.0498. The fourth-order valence-electron chi connectivity index (χ4n) is 2.14. The molecule has 1 aliphatic rings. The Kier molecular flexibility index (Phi) is 4.23. The van der Waals surface area contributed by atoms with Crippen LogP contribution in [0.4, 0.5) is 8.78 Å². The number of hydrogen-bond acceptors (Lipinski definition) is 3. The minimum absolute atomic E-state index is 0.0650. The maximum atomic E-state index is 12.1. The first-order valence-corrected chi connectivity index (χ1v) is 6.43. The van der Waals surface area contributed by atoms with Crippen LogP contribution in [0.15, 0.2) is 24.3 Å². The number of aliphatic hydroxyl groups is 1. The highest BCUT2D eigenvalue weighted by atomic mass is 19.3. The van der Waals surface area contributed by atoms with Gasteiger partial charge >= 0.3 is 6.61 Å². The van der Waals surface area contributed by atoms with Crippen molar-refractivity contribution in [2.75, 3.05) is 6.61 Å². The molecule has 1 aromatic rings. The molecule has 0 aliphatic heterocycles. The van der Waals surface area contributed by atoms with E-state index >= 15 is 0 Å². The van der Waals surface area contributed by atoms with E-state index in [1.165, 1.54) is 24.3 Å². The number of amides is 1. The van der Waals surface area contributed by atoms with E-state index in [-0.39, 0.29) is 23.8 Å². The third kappa shape index (κ3) is 3.45. The van der Waals surface area contributed by atoms with E-state index in [2.05, 4.69) is 10.1 Å². The van der Waals surface area contributed by atoms with Crippen LogP contribution >= 0.6 is 0 Å². The third-order valence-corrected chi connectivity index (χ3v) is 3.53. The van der Waals surface area contributed by atoms with E-state index < -0.39 is 18.1 Å². The van der Waals surface area contributed by atoms with Gasteiger partial charge in [0.05, 0.1) is 12.1 Å². The van der Waals surface area contributed by atoms with Crippen LogP contribution < -0.4 is 10.1 Å². The maximum Gasteiger partial charge on any atom is 0.387 e. The summed E-state index contributed by atoms with van der Waals surface area (Å²) < 4.78 is 28.5. The van der Waals surface area contributed by atoms with Crippen molar-refractivity contribution in [3.8, 4) is 5.75 Å². The Morgan fingerprint density at radius 1 is 1.55 bits per heavy atom. The number of aliphatic hydroxyl groups excluding tert-OH is 1. The van der Waals surface area contributed by atoms with Crippen LogP contribution in [0.25, 0.3) is 0 Å². The summed E-state index contributed by atoms with van der Waals surface area (Å²) in [6, 6.07) is 5.60. The van der Waals surface area contributed by atoms with Crippen molar-refractivity contribution >= 4 is 5.91 Å². The van der Waals surface area contributed by atoms with Gasteiger partial charge in [0.25, 0.3) is 5.91 Å². The maximum absolute atomic E-state index is 12.1. The summed E-state index contributed by atoms with van der Waals surface area (Å²) in [5.41, 5.74) is -0.445. The van der Waals surface area contributed by atoms with Crippen LogP contribution in [-0.4, -0.2) is 29.8 Å². The first-order valence-electron chi connectivity index (χ1n) is 6.43. The molecule has 1 aromatic carbocycles. The van der Waals surface area contributed by atoms with Gasteiger partial charge in [-0.3, -0.25) is 4.79 Å². The molecule has 0 spiro atoms. The second-order valence-electron chi connectivity index (χ2n) is 5.21. The molecule has 110 valence electrons. The molecule has 2 rings (SSSR count). The lowest BCUT2D eigenvalue weighted by Gasteiger charge is -2.28. The molecule has 1 unspecified atom stereocenters. The molecule has 2 N–H and O–H groups in total. The zero-order valence-corrected chi connectivity index (χ0v) is 11.1. The first kappa shape index (κ1) is 14.7. The van der Waals surface area contributed by atoms with Gasteiger partial charge in [-0.15, -0.1) is 0 Å².